The Labute approximate surface area is 149 Å². The Morgan fingerprint density at radius 2 is 1.83 bits per heavy atom. The van der Waals surface area contributed by atoms with E-state index in [1.165, 1.54) is 0 Å². The van der Waals surface area contributed by atoms with Gasteiger partial charge in [-0.25, -0.2) is 4.99 Å². The number of rotatable bonds is 6. The highest BCUT2D eigenvalue weighted by Crippen LogP contribution is 2.24. The Balaban J connectivity index is 2.21. The highest BCUT2D eigenvalue weighted by atomic mass is 35.5. The molecule has 0 spiro atoms. The topological polar surface area (TPSA) is 32.7 Å². The van der Waals surface area contributed by atoms with Gasteiger partial charge in [-0.15, -0.1) is 0 Å². The van der Waals surface area contributed by atoms with Crippen molar-refractivity contribution < 1.29 is 4.79 Å². The van der Waals surface area contributed by atoms with E-state index in [2.05, 4.69) is 11.9 Å². The van der Waals surface area contributed by atoms with Gasteiger partial charge in [-0.3, -0.25) is 4.79 Å². The van der Waals surface area contributed by atoms with E-state index in [9.17, 15) is 4.79 Å². The number of hydrogen-bond acceptors (Lipinski definition) is 2. The van der Waals surface area contributed by atoms with E-state index in [0.717, 1.165) is 34.5 Å². The Morgan fingerprint density at radius 1 is 1.17 bits per heavy atom. The number of nitrogens with zero attached hydrogens (tertiary/aromatic N) is 2. The number of aryl methyl sites for hydroxylation is 2. The summed E-state index contributed by atoms with van der Waals surface area (Å²) in [6, 6.07) is 11.3. The van der Waals surface area contributed by atoms with Crippen LogP contribution in [0, 0.1) is 13.8 Å². The zero-order valence-corrected chi connectivity index (χ0v) is 15.4. The van der Waals surface area contributed by atoms with Crippen LogP contribution in [-0.4, -0.2) is 30.6 Å². The van der Waals surface area contributed by atoms with Crippen LogP contribution in [-0.2, 0) is 6.42 Å². The lowest BCUT2D eigenvalue weighted by atomic mass is 9.96. The third kappa shape index (κ3) is 4.68. The maximum atomic E-state index is 12.6. The molecule has 2 aromatic carbocycles. The minimum Gasteiger partial charge on any atom is -0.366 e. The second-order valence-corrected chi connectivity index (χ2v) is 6.43. The van der Waals surface area contributed by atoms with Gasteiger partial charge in [0.25, 0.3) is 0 Å². The molecule has 0 N–H and O–H groups in total. The molecule has 0 aliphatic rings. The van der Waals surface area contributed by atoms with E-state index < -0.39 is 0 Å². The molecule has 2 rings (SSSR count). The minimum absolute atomic E-state index is 0.110. The molecule has 0 amide bonds. The number of aliphatic imine (C=N–C) groups is 1. The van der Waals surface area contributed by atoms with Gasteiger partial charge in [0.1, 0.15) is 0 Å². The molecule has 0 radical (unpaired) electrons. The first-order valence-electron chi connectivity index (χ1n) is 8.04. The fraction of sp³-hybridized carbons (Fsp3) is 0.300. The number of carbonyl (C=O) groups is 1. The van der Waals surface area contributed by atoms with Crippen LogP contribution in [0.2, 0.25) is 5.02 Å². The molecule has 0 fully saturated rings. The van der Waals surface area contributed by atoms with Crippen LogP contribution in [0.15, 0.2) is 41.4 Å². The fourth-order valence-corrected chi connectivity index (χ4v) is 2.49. The van der Waals surface area contributed by atoms with Gasteiger partial charge in [-0.2, -0.15) is 0 Å². The Morgan fingerprint density at radius 3 is 2.46 bits per heavy atom. The van der Waals surface area contributed by atoms with Gasteiger partial charge in [-0.1, -0.05) is 23.7 Å². The van der Waals surface area contributed by atoms with Crippen molar-refractivity contribution in [3.05, 3.63) is 63.7 Å². The van der Waals surface area contributed by atoms with Crippen molar-refractivity contribution in [3.8, 4) is 0 Å². The lowest BCUT2D eigenvalue weighted by molar-refractivity contribution is 0.0992. The van der Waals surface area contributed by atoms with Gasteiger partial charge in [-0.05, 0) is 61.7 Å². The van der Waals surface area contributed by atoms with Crippen LogP contribution in [0.5, 0.6) is 0 Å². The van der Waals surface area contributed by atoms with Crippen LogP contribution in [0.3, 0.4) is 0 Å². The molecule has 0 aliphatic carbocycles. The highest BCUT2D eigenvalue weighted by Gasteiger charge is 2.12. The van der Waals surface area contributed by atoms with E-state index in [1.54, 1.807) is 0 Å². The summed E-state index contributed by atoms with van der Waals surface area (Å²) < 4.78 is 0. The third-order valence-corrected chi connectivity index (χ3v) is 4.27. The van der Waals surface area contributed by atoms with E-state index in [4.69, 9.17) is 11.6 Å². The van der Waals surface area contributed by atoms with Crippen molar-refractivity contribution >= 4 is 29.4 Å². The first-order chi connectivity index (χ1) is 11.4. The van der Waals surface area contributed by atoms with Crippen molar-refractivity contribution in [2.45, 2.75) is 27.2 Å². The highest BCUT2D eigenvalue weighted by molar-refractivity contribution is 6.30. The number of Topliss-reactive ketones (excluding diaryl/α,β-unsaturated/α-hetero) is 1. The van der Waals surface area contributed by atoms with Crippen LogP contribution >= 0.6 is 11.6 Å². The van der Waals surface area contributed by atoms with Crippen molar-refractivity contribution in [2.75, 3.05) is 13.6 Å². The first kappa shape index (κ1) is 18.2. The van der Waals surface area contributed by atoms with Crippen molar-refractivity contribution in [2.24, 2.45) is 4.99 Å². The Bertz CT molecular complexity index is 751. The van der Waals surface area contributed by atoms with Gasteiger partial charge in [0.2, 0.25) is 0 Å². The van der Waals surface area contributed by atoms with Crippen LogP contribution in [0.1, 0.15) is 34.0 Å². The number of ketones is 1. The van der Waals surface area contributed by atoms with Crippen LogP contribution in [0.4, 0.5) is 5.69 Å². The molecule has 0 bridgehead atoms. The lowest BCUT2D eigenvalue weighted by Crippen LogP contribution is -2.14. The first-order valence-corrected chi connectivity index (χ1v) is 8.41. The molecule has 0 heterocycles. The smallest absolute Gasteiger partial charge is 0.167 e. The van der Waals surface area contributed by atoms with Gasteiger partial charge < -0.3 is 4.90 Å². The lowest BCUT2D eigenvalue weighted by Gasteiger charge is -2.11. The summed E-state index contributed by atoms with van der Waals surface area (Å²) in [7, 11) is 1.98. The average molecular weight is 343 g/mol. The number of halogens is 1. The largest absolute Gasteiger partial charge is 0.366 e. The monoisotopic (exact) mass is 342 g/mol. The standard InChI is InChI=1S/C20H23ClN2O/c1-5-23(4)13-22-19-11-14(2)18(10-15(19)3)20(24)12-16-6-8-17(21)9-7-16/h6-11,13H,5,12H2,1-4H3. The number of hydrogen-bond donors (Lipinski definition) is 0. The third-order valence-electron chi connectivity index (χ3n) is 4.01. The van der Waals surface area contributed by atoms with Crippen molar-refractivity contribution in [1.82, 2.24) is 4.90 Å². The van der Waals surface area contributed by atoms with Gasteiger partial charge in [0, 0.05) is 30.6 Å². The Hall–Kier alpha value is -2.13. The molecule has 0 unspecified atom stereocenters. The minimum atomic E-state index is 0.110. The van der Waals surface area contributed by atoms with Crippen LogP contribution < -0.4 is 0 Å². The maximum absolute atomic E-state index is 12.6. The van der Waals surface area contributed by atoms with E-state index in [1.807, 2.05) is 68.5 Å². The number of carbonyl (C=O) groups excluding carboxylic acids is 1. The molecule has 0 aromatic heterocycles. The summed E-state index contributed by atoms with van der Waals surface area (Å²) in [5.74, 6) is 0.110. The molecule has 0 saturated carbocycles. The average Bonchev–Trinajstić information content (AvgIpc) is 2.56. The number of benzene rings is 2. The molecule has 24 heavy (non-hydrogen) atoms. The second-order valence-electron chi connectivity index (χ2n) is 6.00. The summed E-state index contributed by atoms with van der Waals surface area (Å²) in [5, 5.41) is 0.678. The summed E-state index contributed by atoms with van der Waals surface area (Å²) in [6.07, 6.45) is 2.19. The maximum Gasteiger partial charge on any atom is 0.167 e. The predicted molar refractivity (Wildman–Crippen MR) is 102 cm³/mol. The molecular formula is C20H23ClN2O. The van der Waals surface area contributed by atoms with E-state index in [0.29, 0.717) is 11.4 Å². The van der Waals surface area contributed by atoms with Crippen molar-refractivity contribution in [1.29, 1.82) is 0 Å². The zero-order chi connectivity index (χ0) is 17.7. The molecule has 4 heteroatoms. The quantitative estimate of drug-likeness (QED) is 0.420. The summed E-state index contributed by atoms with van der Waals surface area (Å²) >= 11 is 5.89. The molecule has 126 valence electrons. The fourth-order valence-electron chi connectivity index (χ4n) is 2.37. The molecule has 3 nitrogen and oxygen atoms in total. The summed E-state index contributed by atoms with van der Waals surface area (Å²) in [6.45, 7) is 6.91. The predicted octanol–water partition coefficient (Wildman–Crippen LogP) is 4.99. The van der Waals surface area contributed by atoms with Gasteiger partial charge in [0.05, 0.1) is 12.0 Å². The summed E-state index contributed by atoms with van der Waals surface area (Å²) in [5.41, 5.74) is 4.57. The van der Waals surface area contributed by atoms with Gasteiger partial charge >= 0.3 is 0 Å². The zero-order valence-electron chi connectivity index (χ0n) is 14.6. The van der Waals surface area contributed by atoms with Gasteiger partial charge in [0.15, 0.2) is 5.78 Å². The van der Waals surface area contributed by atoms with Crippen molar-refractivity contribution in [3.63, 3.8) is 0 Å². The molecule has 2 aromatic rings. The molecule has 0 atom stereocenters. The molecular weight excluding hydrogens is 320 g/mol. The normalized spacial score (nSPS) is 11.0. The Kier molecular flexibility index (Phi) is 6.16. The van der Waals surface area contributed by atoms with E-state index in [-0.39, 0.29) is 5.78 Å². The molecule has 0 aliphatic heterocycles. The summed E-state index contributed by atoms with van der Waals surface area (Å²) in [4.78, 5) is 19.1. The molecule has 0 saturated heterocycles. The van der Waals surface area contributed by atoms with Crippen LogP contribution in [0.25, 0.3) is 0 Å². The second kappa shape index (κ2) is 8.11. The van der Waals surface area contributed by atoms with E-state index >= 15 is 0 Å². The SMILES string of the molecule is CCN(C)C=Nc1cc(C)c(C(=O)Cc2ccc(Cl)cc2)cc1C.